The van der Waals surface area contributed by atoms with Gasteiger partial charge in [-0.1, -0.05) is 13.8 Å². The molecule has 3 atom stereocenters. The molecule has 2 rings (SSSR count). The Balaban J connectivity index is 2.05. The summed E-state index contributed by atoms with van der Waals surface area (Å²) < 4.78 is 0. The van der Waals surface area contributed by atoms with Crippen molar-refractivity contribution < 1.29 is 15.0 Å². The second-order valence-corrected chi connectivity index (χ2v) is 6.71. The van der Waals surface area contributed by atoms with Crippen molar-refractivity contribution in [1.29, 1.82) is 0 Å². The standard InChI is InChI=1S/C13H20O3S/c1-12(2)9-3-5-13(12,10(14)7-9)8-17-6-4-11(15)16/h4,6,9-10,14H,3,5,7-8H2,1-2H3,(H,15,16)/b6-4-/t9-,10-,13-/m1/s1. The molecule has 0 saturated heterocycles. The van der Waals surface area contributed by atoms with Crippen LogP contribution in [0.25, 0.3) is 0 Å². The number of aliphatic hydroxyl groups is 1. The van der Waals surface area contributed by atoms with Crippen molar-refractivity contribution >= 4 is 17.7 Å². The topological polar surface area (TPSA) is 57.5 Å². The third-order valence-corrected chi connectivity index (χ3v) is 6.05. The molecular weight excluding hydrogens is 236 g/mol. The van der Waals surface area contributed by atoms with E-state index in [4.69, 9.17) is 5.11 Å². The minimum absolute atomic E-state index is 0.0226. The predicted molar refractivity (Wildman–Crippen MR) is 68.8 cm³/mol. The van der Waals surface area contributed by atoms with Crippen LogP contribution in [0.3, 0.4) is 0 Å². The number of aliphatic hydroxyl groups excluding tert-OH is 1. The van der Waals surface area contributed by atoms with Crippen LogP contribution >= 0.6 is 11.8 Å². The Labute approximate surface area is 106 Å². The van der Waals surface area contributed by atoms with Crippen molar-refractivity contribution in [2.45, 2.75) is 39.2 Å². The highest BCUT2D eigenvalue weighted by Crippen LogP contribution is 2.66. The summed E-state index contributed by atoms with van der Waals surface area (Å²) in [5, 5.41) is 20.4. The Morgan fingerprint density at radius 2 is 2.24 bits per heavy atom. The van der Waals surface area contributed by atoms with Gasteiger partial charge in [-0.3, -0.25) is 0 Å². The van der Waals surface area contributed by atoms with Gasteiger partial charge in [-0.15, -0.1) is 11.8 Å². The van der Waals surface area contributed by atoms with Gasteiger partial charge in [0.05, 0.1) is 6.10 Å². The molecule has 2 fully saturated rings. The lowest BCUT2D eigenvalue weighted by Gasteiger charge is -2.40. The Morgan fingerprint density at radius 3 is 2.71 bits per heavy atom. The highest BCUT2D eigenvalue weighted by molar-refractivity contribution is 8.02. The fraction of sp³-hybridized carbons (Fsp3) is 0.769. The molecule has 2 saturated carbocycles. The molecule has 2 N–H and O–H groups in total. The van der Waals surface area contributed by atoms with Gasteiger partial charge in [-0.2, -0.15) is 0 Å². The van der Waals surface area contributed by atoms with Crippen LogP contribution in [-0.4, -0.2) is 28.0 Å². The van der Waals surface area contributed by atoms with Crippen molar-refractivity contribution in [2.24, 2.45) is 16.7 Å². The van der Waals surface area contributed by atoms with Gasteiger partial charge in [-0.05, 0) is 36.0 Å². The van der Waals surface area contributed by atoms with Crippen molar-refractivity contribution in [3.63, 3.8) is 0 Å². The van der Waals surface area contributed by atoms with E-state index >= 15 is 0 Å². The molecule has 0 amide bonds. The van der Waals surface area contributed by atoms with E-state index in [0.717, 1.165) is 18.6 Å². The van der Waals surface area contributed by atoms with E-state index in [1.807, 2.05) is 0 Å². The number of aliphatic carboxylic acids is 1. The maximum Gasteiger partial charge on any atom is 0.328 e. The van der Waals surface area contributed by atoms with E-state index in [0.29, 0.717) is 5.92 Å². The average Bonchev–Trinajstić information content (AvgIpc) is 2.58. The molecule has 0 aliphatic heterocycles. The molecule has 17 heavy (non-hydrogen) atoms. The van der Waals surface area contributed by atoms with E-state index in [9.17, 15) is 9.90 Å². The fourth-order valence-electron chi connectivity index (χ4n) is 3.68. The quantitative estimate of drug-likeness (QED) is 0.759. The second kappa shape index (κ2) is 4.32. The molecule has 0 unspecified atom stereocenters. The molecule has 0 heterocycles. The maximum absolute atomic E-state index is 10.4. The molecule has 4 heteroatoms. The number of carboxylic acids is 1. The van der Waals surface area contributed by atoms with Gasteiger partial charge in [0.25, 0.3) is 0 Å². The molecular formula is C13H20O3S. The van der Waals surface area contributed by atoms with Crippen LogP contribution in [0.15, 0.2) is 11.5 Å². The number of hydrogen-bond acceptors (Lipinski definition) is 3. The van der Waals surface area contributed by atoms with Gasteiger partial charge in [0.15, 0.2) is 0 Å². The number of carbonyl (C=O) groups is 1. The summed E-state index contributed by atoms with van der Waals surface area (Å²) in [6.07, 6.45) is 4.13. The molecule has 2 aliphatic carbocycles. The van der Waals surface area contributed by atoms with Gasteiger partial charge in [0.1, 0.15) is 0 Å². The summed E-state index contributed by atoms with van der Waals surface area (Å²) in [7, 11) is 0. The maximum atomic E-state index is 10.4. The van der Waals surface area contributed by atoms with Crippen molar-refractivity contribution in [1.82, 2.24) is 0 Å². The summed E-state index contributed by atoms with van der Waals surface area (Å²) in [5.74, 6) is 0.536. The molecule has 0 aromatic rings. The van der Waals surface area contributed by atoms with Gasteiger partial charge in [-0.25, -0.2) is 4.79 Å². The minimum Gasteiger partial charge on any atom is -0.478 e. The van der Waals surface area contributed by atoms with E-state index in [2.05, 4.69) is 13.8 Å². The third kappa shape index (κ3) is 1.91. The largest absolute Gasteiger partial charge is 0.478 e. The second-order valence-electron chi connectivity index (χ2n) is 5.82. The minimum atomic E-state index is -0.912. The SMILES string of the molecule is CC1(C)[C@@H]2CC[C@@]1(CS/C=C\C(=O)O)[C@H](O)C2. The van der Waals surface area contributed by atoms with Crippen LogP contribution in [0.2, 0.25) is 0 Å². The van der Waals surface area contributed by atoms with Gasteiger partial charge in [0, 0.05) is 17.2 Å². The van der Waals surface area contributed by atoms with Crippen LogP contribution in [0.5, 0.6) is 0 Å². The Kier molecular flexibility index (Phi) is 3.29. The zero-order valence-electron chi connectivity index (χ0n) is 10.3. The third-order valence-electron chi connectivity index (χ3n) is 5.04. The highest BCUT2D eigenvalue weighted by atomic mass is 32.2. The summed E-state index contributed by atoms with van der Waals surface area (Å²) >= 11 is 1.51. The molecule has 0 aromatic heterocycles. The Morgan fingerprint density at radius 1 is 1.53 bits per heavy atom. The van der Waals surface area contributed by atoms with Gasteiger partial charge < -0.3 is 10.2 Å². The zero-order chi connectivity index (χ0) is 12.7. The lowest BCUT2D eigenvalue weighted by Crippen LogP contribution is -2.40. The van der Waals surface area contributed by atoms with Crippen molar-refractivity contribution in [3.8, 4) is 0 Å². The van der Waals surface area contributed by atoms with Crippen molar-refractivity contribution in [2.75, 3.05) is 5.75 Å². The number of carboxylic acid groups (broad SMARTS) is 1. The normalized spacial score (nSPS) is 39.0. The van der Waals surface area contributed by atoms with Crippen LogP contribution in [-0.2, 0) is 4.79 Å². The molecule has 2 aliphatic rings. The highest BCUT2D eigenvalue weighted by Gasteiger charge is 2.63. The number of fused-ring (bicyclic) bond motifs is 2. The molecule has 0 spiro atoms. The molecule has 2 bridgehead atoms. The first kappa shape index (κ1) is 13.0. The van der Waals surface area contributed by atoms with E-state index in [1.165, 1.54) is 24.3 Å². The lowest BCUT2D eigenvalue weighted by molar-refractivity contribution is -0.131. The molecule has 3 nitrogen and oxygen atoms in total. The zero-order valence-corrected chi connectivity index (χ0v) is 11.2. The first-order chi connectivity index (χ1) is 7.90. The smallest absolute Gasteiger partial charge is 0.328 e. The number of hydrogen-bond donors (Lipinski definition) is 2. The summed E-state index contributed by atoms with van der Waals surface area (Å²) in [6.45, 7) is 4.50. The summed E-state index contributed by atoms with van der Waals surface area (Å²) in [5.41, 5.74) is 0.154. The first-order valence-electron chi connectivity index (χ1n) is 6.09. The monoisotopic (exact) mass is 256 g/mol. The molecule has 0 aromatic carbocycles. The Bertz CT molecular complexity index is 351. The lowest BCUT2D eigenvalue weighted by atomic mass is 9.70. The summed E-state index contributed by atoms with van der Waals surface area (Å²) in [4.78, 5) is 10.4. The average molecular weight is 256 g/mol. The van der Waals surface area contributed by atoms with Crippen molar-refractivity contribution in [3.05, 3.63) is 11.5 Å². The number of rotatable bonds is 4. The Hall–Kier alpha value is -0.480. The molecule has 0 radical (unpaired) electrons. The van der Waals surface area contributed by atoms with Crippen LogP contribution in [0.4, 0.5) is 0 Å². The number of thioether (sulfide) groups is 1. The van der Waals surface area contributed by atoms with Gasteiger partial charge >= 0.3 is 5.97 Å². The fourth-order valence-corrected chi connectivity index (χ4v) is 5.00. The molecule has 96 valence electrons. The van der Waals surface area contributed by atoms with E-state index < -0.39 is 5.97 Å². The van der Waals surface area contributed by atoms with Crippen LogP contribution in [0, 0.1) is 16.7 Å². The van der Waals surface area contributed by atoms with Gasteiger partial charge in [0.2, 0.25) is 0 Å². The summed E-state index contributed by atoms with van der Waals surface area (Å²) in [6, 6.07) is 0. The van der Waals surface area contributed by atoms with Crippen LogP contribution < -0.4 is 0 Å². The predicted octanol–water partition coefficient (Wildman–Crippen LogP) is 2.51. The first-order valence-corrected chi connectivity index (χ1v) is 7.14. The van der Waals surface area contributed by atoms with E-state index in [-0.39, 0.29) is 16.9 Å². The van der Waals surface area contributed by atoms with E-state index in [1.54, 1.807) is 5.41 Å². The van der Waals surface area contributed by atoms with Crippen LogP contribution in [0.1, 0.15) is 33.1 Å².